The number of nitrogens with one attached hydrogen (secondary N) is 2. The second kappa shape index (κ2) is 4.62. The summed E-state index contributed by atoms with van der Waals surface area (Å²) in [6.45, 7) is 2.34. The van der Waals surface area contributed by atoms with Gasteiger partial charge in [0.2, 0.25) is 0 Å². The van der Waals surface area contributed by atoms with Crippen LogP contribution in [0, 0.1) is 5.92 Å². The molecular formula is C8H14N4S. The van der Waals surface area contributed by atoms with Crippen LogP contribution in [0.25, 0.3) is 0 Å². The molecule has 2 heterocycles. The minimum Gasteiger partial charge on any atom is -0.317 e. The first kappa shape index (κ1) is 9.02. The van der Waals surface area contributed by atoms with E-state index < -0.39 is 0 Å². The molecule has 1 aromatic heterocycles. The number of thioether (sulfide) groups is 1. The van der Waals surface area contributed by atoms with Gasteiger partial charge in [-0.2, -0.15) is 5.10 Å². The molecule has 1 saturated heterocycles. The van der Waals surface area contributed by atoms with Crippen molar-refractivity contribution in [3.05, 3.63) is 6.33 Å². The topological polar surface area (TPSA) is 53.6 Å². The average Bonchev–Trinajstić information content (AvgIpc) is 2.69. The van der Waals surface area contributed by atoms with Gasteiger partial charge in [0.05, 0.1) is 0 Å². The molecule has 4 nitrogen and oxygen atoms in total. The molecule has 0 bridgehead atoms. The van der Waals surface area contributed by atoms with Gasteiger partial charge in [-0.15, -0.1) is 0 Å². The molecule has 72 valence electrons. The summed E-state index contributed by atoms with van der Waals surface area (Å²) in [6.07, 6.45) is 4.15. The van der Waals surface area contributed by atoms with Crippen LogP contribution in [0.5, 0.6) is 0 Å². The molecule has 0 spiro atoms. The Morgan fingerprint density at radius 2 is 2.31 bits per heavy atom. The van der Waals surface area contributed by atoms with Crippen LogP contribution in [0.15, 0.2) is 11.5 Å². The first-order valence-electron chi connectivity index (χ1n) is 4.64. The van der Waals surface area contributed by atoms with Crippen molar-refractivity contribution in [2.45, 2.75) is 18.0 Å². The lowest BCUT2D eigenvalue weighted by Gasteiger charge is -2.21. The standard InChI is InChI=1S/C8H14N4S/c1-3-9-4-2-7(1)5-13-8-10-6-11-12-8/h6-7,9H,1-5H2,(H,10,11,12). The SMILES string of the molecule is c1n[nH]c(SCC2CCNCC2)n1. The van der Waals surface area contributed by atoms with E-state index in [9.17, 15) is 0 Å². The Labute approximate surface area is 81.9 Å². The van der Waals surface area contributed by atoms with Gasteiger partial charge in [0.25, 0.3) is 0 Å². The van der Waals surface area contributed by atoms with Gasteiger partial charge in [-0.25, -0.2) is 4.98 Å². The number of rotatable bonds is 3. The quantitative estimate of drug-likeness (QED) is 0.708. The van der Waals surface area contributed by atoms with Crippen LogP contribution in [-0.2, 0) is 0 Å². The van der Waals surface area contributed by atoms with Crippen molar-refractivity contribution in [1.82, 2.24) is 20.5 Å². The van der Waals surface area contributed by atoms with E-state index in [0.717, 1.165) is 16.8 Å². The first-order valence-corrected chi connectivity index (χ1v) is 5.62. The predicted molar refractivity (Wildman–Crippen MR) is 52.7 cm³/mol. The molecule has 0 aromatic carbocycles. The van der Waals surface area contributed by atoms with Crippen molar-refractivity contribution < 1.29 is 0 Å². The molecule has 2 N–H and O–H groups in total. The molecule has 0 unspecified atom stereocenters. The van der Waals surface area contributed by atoms with Crippen molar-refractivity contribution >= 4 is 11.8 Å². The summed E-state index contributed by atoms with van der Waals surface area (Å²) in [5, 5.41) is 11.0. The summed E-state index contributed by atoms with van der Waals surface area (Å²) < 4.78 is 0. The van der Waals surface area contributed by atoms with E-state index in [-0.39, 0.29) is 0 Å². The summed E-state index contributed by atoms with van der Waals surface area (Å²) >= 11 is 1.78. The third-order valence-corrected chi connectivity index (χ3v) is 3.42. The van der Waals surface area contributed by atoms with Gasteiger partial charge in [-0.3, -0.25) is 5.10 Å². The minimum atomic E-state index is 0.844. The molecular weight excluding hydrogens is 184 g/mol. The molecule has 2 rings (SSSR count). The molecule has 1 fully saturated rings. The maximum atomic E-state index is 4.08. The van der Waals surface area contributed by atoms with Gasteiger partial charge in [-0.1, -0.05) is 11.8 Å². The van der Waals surface area contributed by atoms with Crippen LogP contribution in [-0.4, -0.2) is 34.0 Å². The highest BCUT2D eigenvalue weighted by Gasteiger charge is 2.13. The van der Waals surface area contributed by atoms with Crippen LogP contribution < -0.4 is 5.32 Å². The Kier molecular flexibility index (Phi) is 3.21. The van der Waals surface area contributed by atoms with Gasteiger partial charge >= 0.3 is 0 Å². The smallest absolute Gasteiger partial charge is 0.183 e. The fourth-order valence-electron chi connectivity index (χ4n) is 1.51. The summed E-state index contributed by atoms with van der Waals surface area (Å²) in [4.78, 5) is 4.08. The fourth-order valence-corrected chi connectivity index (χ4v) is 2.47. The summed E-state index contributed by atoms with van der Waals surface area (Å²) in [6, 6.07) is 0. The molecule has 0 saturated carbocycles. The third kappa shape index (κ3) is 2.70. The number of nitrogens with zero attached hydrogens (tertiary/aromatic N) is 2. The van der Waals surface area contributed by atoms with Gasteiger partial charge in [0.1, 0.15) is 6.33 Å². The molecule has 5 heteroatoms. The zero-order chi connectivity index (χ0) is 8.93. The Bertz CT molecular complexity index is 230. The first-order chi connectivity index (χ1) is 6.45. The summed E-state index contributed by atoms with van der Waals surface area (Å²) in [7, 11) is 0. The van der Waals surface area contributed by atoms with E-state index in [1.165, 1.54) is 25.9 Å². The molecule has 1 aliphatic heterocycles. The largest absolute Gasteiger partial charge is 0.317 e. The van der Waals surface area contributed by atoms with Gasteiger partial charge in [0, 0.05) is 5.75 Å². The Balaban J connectivity index is 1.72. The molecule has 1 aliphatic rings. The fraction of sp³-hybridized carbons (Fsp3) is 0.750. The number of hydrogen-bond acceptors (Lipinski definition) is 4. The molecule has 0 atom stereocenters. The van der Waals surface area contributed by atoms with E-state index in [0.29, 0.717) is 0 Å². The lowest BCUT2D eigenvalue weighted by Crippen LogP contribution is -2.28. The van der Waals surface area contributed by atoms with E-state index >= 15 is 0 Å². The zero-order valence-corrected chi connectivity index (χ0v) is 8.31. The monoisotopic (exact) mass is 198 g/mol. The molecule has 13 heavy (non-hydrogen) atoms. The lowest BCUT2D eigenvalue weighted by molar-refractivity contribution is 0.407. The second-order valence-corrected chi connectivity index (χ2v) is 4.30. The van der Waals surface area contributed by atoms with Crippen LogP contribution >= 0.6 is 11.8 Å². The van der Waals surface area contributed by atoms with Crippen LogP contribution in [0.1, 0.15) is 12.8 Å². The number of aromatic amines is 1. The number of piperidine rings is 1. The van der Waals surface area contributed by atoms with Crippen molar-refractivity contribution in [2.75, 3.05) is 18.8 Å². The highest BCUT2D eigenvalue weighted by molar-refractivity contribution is 7.99. The van der Waals surface area contributed by atoms with Crippen molar-refractivity contribution in [2.24, 2.45) is 5.92 Å². The molecule has 1 aromatic rings. The van der Waals surface area contributed by atoms with Crippen molar-refractivity contribution in [1.29, 1.82) is 0 Å². The third-order valence-electron chi connectivity index (χ3n) is 2.31. The number of H-pyrrole nitrogens is 1. The van der Waals surface area contributed by atoms with Gasteiger partial charge in [-0.05, 0) is 31.8 Å². The highest BCUT2D eigenvalue weighted by Crippen LogP contribution is 2.21. The molecule has 0 radical (unpaired) electrons. The molecule has 0 amide bonds. The van der Waals surface area contributed by atoms with Gasteiger partial charge < -0.3 is 5.32 Å². The van der Waals surface area contributed by atoms with E-state index in [2.05, 4.69) is 20.5 Å². The number of hydrogen-bond donors (Lipinski definition) is 2. The lowest BCUT2D eigenvalue weighted by atomic mass is 10.0. The maximum Gasteiger partial charge on any atom is 0.183 e. The Hall–Kier alpha value is -0.550. The minimum absolute atomic E-state index is 0.844. The zero-order valence-electron chi connectivity index (χ0n) is 7.49. The highest BCUT2D eigenvalue weighted by atomic mass is 32.2. The predicted octanol–water partition coefficient (Wildman–Crippen LogP) is 0.896. The van der Waals surface area contributed by atoms with E-state index in [4.69, 9.17) is 0 Å². The van der Waals surface area contributed by atoms with Crippen LogP contribution in [0.3, 0.4) is 0 Å². The Morgan fingerprint density at radius 1 is 1.46 bits per heavy atom. The van der Waals surface area contributed by atoms with Crippen molar-refractivity contribution in [3.8, 4) is 0 Å². The maximum absolute atomic E-state index is 4.08. The average molecular weight is 198 g/mol. The number of aromatic nitrogens is 3. The summed E-state index contributed by atoms with van der Waals surface area (Å²) in [5.41, 5.74) is 0. The summed E-state index contributed by atoms with van der Waals surface area (Å²) in [5.74, 6) is 2.01. The second-order valence-electron chi connectivity index (χ2n) is 3.30. The van der Waals surface area contributed by atoms with Crippen LogP contribution in [0.2, 0.25) is 0 Å². The molecule has 0 aliphatic carbocycles. The van der Waals surface area contributed by atoms with E-state index in [1.807, 2.05) is 0 Å². The normalized spacial score (nSPS) is 19.1. The van der Waals surface area contributed by atoms with Crippen LogP contribution in [0.4, 0.5) is 0 Å². The Morgan fingerprint density at radius 3 is 3.00 bits per heavy atom. The van der Waals surface area contributed by atoms with E-state index in [1.54, 1.807) is 18.1 Å². The van der Waals surface area contributed by atoms with Gasteiger partial charge in [0.15, 0.2) is 5.16 Å². The van der Waals surface area contributed by atoms with Crippen molar-refractivity contribution in [3.63, 3.8) is 0 Å².